The van der Waals surface area contributed by atoms with Gasteiger partial charge in [0.25, 0.3) is 5.91 Å². The Morgan fingerprint density at radius 1 is 1.30 bits per heavy atom. The van der Waals surface area contributed by atoms with E-state index in [9.17, 15) is 4.79 Å². The van der Waals surface area contributed by atoms with Crippen molar-refractivity contribution in [1.29, 1.82) is 0 Å². The number of nitrogens with zero attached hydrogens (tertiary/aromatic N) is 2. The second kappa shape index (κ2) is 4.42. The highest BCUT2D eigenvalue weighted by atomic mass is 32.1. The molecule has 0 fully saturated rings. The average Bonchev–Trinajstić information content (AvgIpc) is 2.94. The van der Waals surface area contributed by atoms with E-state index in [-0.39, 0.29) is 11.8 Å². The van der Waals surface area contributed by atoms with Crippen LogP contribution < -0.4 is 0 Å². The third-order valence-corrected chi connectivity index (χ3v) is 5.28. The van der Waals surface area contributed by atoms with Crippen molar-refractivity contribution < 1.29 is 4.79 Å². The van der Waals surface area contributed by atoms with Crippen LogP contribution in [0.4, 0.5) is 0 Å². The van der Waals surface area contributed by atoms with E-state index in [2.05, 4.69) is 18.2 Å². The van der Waals surface area contributed by atoms with Gasteiger partial charge in [0, 0.05) is 11.7 Å². The van der Waals surface area contributed by atoms with Crippen LogP contribution in [0.2, 0.25) is 0 Å². The van der Waals surface area contributed by atoms with E-state index in [1.165, 1.54) is 10.1 Å². The maximum absolute atomic E-state index is 12.5. The Bertz CT molecular complexity index is 683. The second-order valence-electron chi connectivity index (χ2n) is 5.75. The predicted molar refractivity (Wildman–Crippen MR) is 84.4 cm³/mol. The zero-order valence-electron chi connectivity index (χ0n) is 12.2. The first kappa shape index (κ1) is 13.3. The van der Waals surface area contributed by atoms with E-state index in [1.807, 2.05) is 40.0 Å². The molecule has 0 saturated heterocycles. The third kappa shape index (κ3) is 1.79. The summed E-state index contributed by atoms with van der Waals surface area (Å²) < 4.78 is 1.23. The van der Waals surface area contributed by atoms with Gasteiger partial charge in [-0.3, -0.25) is 14.7 Å². The number of rotatable bonds is 2. The lowest BCUT2D eigenvalue weighted by Crippen LogP contribution is -2.42. The highest BCUT2D eigenvalue weighted by Gasteiger charge is 2.45. The van der Waals surface area contributed by atoms with Gasteiger partial charge in [-0.2, -0.15) is 0 Å². The molecular formula is C16H18N2OS. The van der Waals surface area contributed by atoms with Gasteiger partial charge in [0.2, 0.25) is 0 Å². The summed E-state index contributed by atoms with van der Waals surface area (Å²) in [6.45, 7) is 6.02. The number of thiophene rings is 1. The molecule has 1 aromatic heterocycles. The Labute approximate surface area is 122 Å². The van der Waals surface area contributed by atoms with Crippen LogP contribution in [0.15, 0.2) is 35.3 Å². The van der Waals surface area contributed by atoms with Crippen molar-refractivity contribution >= 4 is 33.2 Å². The number of amidine groups is 1. The smallest absolute Gasteiger partial charge is 0.255 e. The molecule has 1 aliphatic rings. The fourth-order valence-electron chi connectivity index (χ4n) is 2.47. The van der Waals surface area contributed by atoms with Crippen LogP contribution in [0, 0.1) is 5.92 Å². The molecule has 0 aliphatic carbocycles. The van der Waals surface area contributed by atoms with E-state index in [4.69, 9.17) is 4.99 Å². The van der Waals surface area contributed by atoms with Crippen LogP contribution in [0.1, 0.15) is 25.6 Å². The molecule has 1 aliphatic heterocycles. The molecular weight excluding hydrogens is 268 g/mol. The maximum Gasteiger partial charge on any atom is 0.255 e. The standard InChI is InChI=1S/C16H18N2OS/c1-10(2)16(3)15(19)18(4)14(17-16)13-9-11-7-5-6-8-12(11)20-13/h5-10H,1-4H3. The Morgan fingerprint density at radius 3 is 2.60 bits per heavy atom. The van der Waals surface area contributed by atoms with E-state index >= 15 is 0 Å². The molecule has 4 heteroatoms. The van der Waals surface area contributed by atoms with Crippen molar-refractivity contribution in [2.75, 3.05) is 7.05 Å². The molecule has 3 rings (SSSR count). The molecule has 0 saturated carbocycles. The van der Waals surface area contributed by atoms with Gasteiger partial charge in [-0.1, -0.05) is 32.0 Å². The van der Waals surface area contributed by atoms with Crippen molar-refractivity contribution in [3.8, 4) is 0 Å². The first-order chi connectivity index (χ1) is 9.43. The lowest BCUT2D eigenvalue weighted by molar-refractivity contribution is -0.131. The lowest BCUT2D eigenvalue weighted by atomic mass is 9.89. The number of carbonyl (C=O) groups excluding carboxylic acids is 1. The van der Waals surface area contributed by atoms with Crippen molar-refractivity contribution in [1.82, 2.24) is 4.90 Å². The molecule has 1 amide bonds. The van der Waals surface area contributed by atoms with Crippen LogP contribution in [0.5, 0.6) is 0 Å². The Balaban J connectivity index is 2.11. The van der Waals surface area contributed by atoms with Crippen LogP contribution in [-0.2, 0) is 4.79 Å². The Kier molecular flexibility index (Phi) is 2.94. The minimum absolute atomic E-state index is 0.0833. The maximum atomic E-state index is 12.5. The Hall–Kier alpha value is -1.68. The van der Waals surface area contributed by atoms with E-state index in [0.717, 1.165) is 10.7 Å². The normalized spacial score (nSPS) is 22.9. The zero-order valence-corrected chi connectivity index (χ0v) is 13.0. The molecule has 1 unspecified atom stereocenters. The number of hydrogen-bond acceptors (Lipinski definition) is 3. The summed E-state index contributed by atoms with van der Waals surface area (Å²) >= 11 is 1.69. The first-order valence-corrected chi connectivity index (χ1v) is 7.62. The zero-order chi connectivity index (χ0) is 14.5. The highest BCUT2D eigenvalue weighted by molar-refractivity contribution is 7.20. The number of aliphatic imine (C=N–C) groups is 1. The van der Waals surface area contributed by atoms with Gasteiger partial charge in [-0.05, 0) is 30.4 Å². The SMILES string of the molecule is CC(C)C1(C)N=C(c2cc3ccccc3s2)N(C)C1=O. The number of hydrogen-bond donors (Lipinski definition) is 0. The molecule has 20 heavy (non-hydrogen) atoms. The van der Waals surface area contributed by atoms with E-state index in [1.54, 1.807) is 16.2 Å². The van der Waals surface area contributed by atoms with Crippen LogP contribution >= 0.6 is 11.3 Å². The summed E-state index contributed by atoms with van der Waals surface area (Å²) in [6, 6.07) is 10.4. The minimum atomic E-state index is -0.639. The molecule has 0 N–H and O–H groups in total. The third-order valence-electron chi connectivity index (χ3n) is 4.16. The predicted octanol–water partition coefficient (Wildman–Crippen LogP) is 3.53. The minimum Gasteiger partial charge on any atom is -0.297 e. The van der Waals surface area contributed by atoms with Crippen molar-refractivity contribution in [3.63, 3.8) is 0 Å². The molecule has 2 aromatic rings. The van der Waals surface area contributed by atoms with Crippen LogP contribution in [0.25, 0.3) is 10.1 Å². The van der Waals surface area contributed by atoms with Gasteiger partial charge >= 0.3 is 0 Å². The average molecular weight is 286 g/mol. The fraction of sp³-hybridized carbons (Fsp3) is 0.375. The topological polar surface area (TPSA) is 32.7 Å². The summed E-state index contributed by atoms with van der Waals surface area (Å²) in [4.78, 5) is 20.0. The lowest BCUT2D eigenvalue weighted by Gasteiger charge is -2.23. The molecule has 1 aromatic carbocycles. The Morgan fingerprint density at radius 2 is 2.00 bits per heavy atom. The van der Waals surface area contributed by atoms with Crippen LogP contribution in [0.3, 0.4) is 0 Å². The first-order valence-electron chi connectivity index (χ1n) is 6.80. The monoisotopic (exact) mass is 286 g/mol. The molecule has 0 bridgehead atoms. The van der Waals surface area contributed by atoms with Crippen molar-refractivity contribution in [2.45, 2.75) is 26.3 Å². The number of benzene rings is 1. The summed E-state index contributed by atoms with van der Waals surface area (Å²) in [5.41, 5.74) is -0.639. The summed E-state index contributed by atoms with van der Waals surface area (Å²) in [6.07, 6.45) is 0. The van der Waals surface area contributed by atoms with Gasteiger partial charge in [0.05, 0.1) is 4.88 Å². The quantitative estimate of drug-likeness (QED) is 0.831. The van der Waals surface area contributed by atoms with Crippen molar-refractivity contribution in [3.05, 3.63) is 35.2 Å². The fourth-order valence-corrected chi connectivity index (χ4v) is 3.56. The largest absolute Gasteiger partial charge is 0.297 e. The molecule has 1 atom stereocenters. The summed E-state index contributed by atoms with van der Waals surface area (Å²) in [5, 5.41) is 1.20. The van der Waals surface area contributed by atoms with Gasteiger partial charge in [-0.25, -0.2) is 0 Å². The molecule has 104 valence electrons. The number of fused-ring (bicyclic) bond motifs is 1. The van der Waals surface area contributed by atoms with Gasteiger partial charge in [0.15, 0.2) is 0 Å². The molecule has 0 radical (unpaired) electrons. The number of likely N-dealkylation sites (N-methyl/N-ethyl adjacent to an activating group) is 1. The molecule has 2 heterocycles. The van der Waals surface area contributed by atoms with Gasteiger partial charge < -0.3 is 0 Å². The number of amides is 1. The van der Waals surface area contributed by atoms with Gasteiger partial charge in [-0.15, -0.1) is 11.3 Å². The van der Waals surface area contributed by atoms with Gasteiger partial charge in [0.1, 0.15) is 11.4 Å². The van der Waals surface area contributed by atoms with E-state index in [0.29, 0.717) is 0 Å². The highest BCUT2D eigenvalue weighted by Crippen LogP contribution is 2.34. The van der Waals surface area contributed by atoms with E-state index < -0.39 is 5.54 Å². The summed E-state index contributed by atoms with van der Waals surface area (Å²) in [5.74, 6) is 1.07. The van der Waals surface area contributed by atoms with Crippen LogP contribution in [-0.4, -0.2) is 29.2 Å². The summed E-state index contributed by atoms with van der Waals surface area (Å²) in [7, 11) is 1.82. The molecule has 3 nitrogen and oxygen atoms in total. The molecule has 0 spiro atoms. The van der Waals surface area contributed by atoms with Crippen molar-refractivity contribution in [2.24, 2.45) is 10.9 Å². The second-order valence-corrected chi connectivity index (χ2v) is 6.83. The number of carbonyl (C=O) groups is 1.